The molecule has 0 aliphatic carbocycles. The maximum Gasteiger partial charge on any atom is 0.347 e. The third-order valence-electron chi connectivity index (χ3n) is 5.40. The molecule has 3 aromatic carbocycles. The van der Waals surface area contributed by atoms with E-state index in [1.54, 1.807) is 49.6 Å². The molecule has 0 amide bonds. The molecule has 1 atom stereocenters. The van der Waals surface area contributed by atoms with Crippen LogP contribution in [0.5, 0.6) is 23.0 Å². The Morgan fingerprint density at radius 3 is 2.68 bits per heavy atom. The van der Waals surface area contributed by atoms with Gasteiger partial charge < -0.3 is 24.7 Å². The number of esters is 1. The Labute approximate surface area is 197 Å². The lowest BCUT2D eigenvalue weighted by Gasteiger charge is -2.27. The van der Waals surface area contributed by atoms with Gasteiger partial charge in [0.2, 0.25) is 5.88 Å². The number of carbonyl (C=O) groups excluding carboxylic acids is 1. The third-order valence-corrected chi connectivity index (χ3v) is 5.40. The van der Waals surface area contributed by atoms with Gasteiger partial charge in [0, 0.05) is 11.6 Å². The number of allylic oxidation sites excluding steroid dienone is 1. The van der Waals surface area contributed by atoms with Crippen LogP contribution in [0.1, 0.15) is 40.7 Å². The first-order valence-electron chi connectivity index (χ1n) is 10.8. The highest BCUT2D eigenvalue weighted by Gasteiger charge is 2.31. The molecule has 3 aromatic rings. The molecule has 0 aromatic heterocycles. The SMILES string of the molecule is CCCOc1ccccc1C(=O)Oc1ccc2c(c1)OC(N)=C(C#N)C2c1cccc(OC)c1. The minimum absolute atomic E-state index is 0.00427. The first-order chi connectivity index (χ1) is 16.5. The molecule has 0 fully saturated rings. The van der Waals surface area contributed by atoms with Crippen molar-refractivity contribution in [3.05, 3.63) is 94.9 Å². The van der Waals surface area contributed by atoms with Crippen LogP contribution in [-0.2, 0) is 0 Å². The van der Waals surface area contributed by atoms with E-state index in [2.05, 4.69) is 6.07 Å². The van der Waals surface area contributed by atoms with E-state index < -0.39 is 11.9 Å². The summed E-state index contributed by atoms with van der Waals surface area (Å²) in [6.07, 6.45) is 0.819. The van der Waals surface area contributed by atoms with Crippen molar-refractivity contribution >= 4 is 5.97 Å². The predicted octanol–water partition coefficient (Wildman–Crippen LogP) is 4.92. The topological polar surface area (TPSA) is 104 Å². The van der Waals surface area contributed by atoms with Gasteiger partial charge in [-0.15, -0.1) is 0 Å². The zero-order valence-electron chi connectivity index (χ0n) is 18.9. The predicted molar refractivity (Wildman–Crippen MR) is 126 cm³/mol. The molecule has 0 bridgehead atoms. The summed E-state index contributed by atoms with van der Waals surface area (Å²) in [7, 11) is 1.58. The Morgan fingerprint density at radius 2 is 1.91 bits per heavy atom. The van der Waals surface area contributed by atoms with E-state index in [1.807, 2.05) is 31.2 Å². The highest BCUT2D eigenvalue weighted by atomic mass is 16.5. The van der Waals surface area contributed by atoms with Crippen LogP contribution in [0.4, 0.5) is 0 Å². The third kappa shape index (κ3) is 4.52. The summed E-state index contributed by atoms with van der Waals surface area (Å²) in [6, 6.07) is 21.6. The molecule has 1 aliphatic heterocycles. The number of carbonyl (C=O) groups is 1. The molecule has 2 N–H and O–H groups in total. The monoisotopic (exact) mass is 456 g/mol. The van der Waals surface area contributed by atoms with Crippen molar-refractivity contribution in [2.75, 3.05) is 13.7 Å². The van der Waals surface area contributed by atoms with Crippen molar-refractivity contribution < 1.29 is 23.7 Å². The van der Waals surface area contributed by atoms with Gasteiger partial charge in [-0.1, -0.05) is 37.3 Å². The second-order valence-corrected chi connectivity index (χ2v) is 7.64. The molecule has 0 spiro atoms. The van der Waals surface area contributed by atoms with Crippen molar-refractivity contribution in [3.63, 3.8) is 0 Å². The molecule has 7 nitrogen and oxygen atoms in total. The fourth-order valence-electron chi connectivity index (χ4n) is 3.80. The lowest BCUT2D eigenvalue weighted by Crippen LogP contribution is -2.21. The van der Waals surface area contributed by atoms with Gasteiger partial charge in [0.25, 0.3) is 0 Å². The Hall–Kier alpha value is -4.44. The number of methoxy groups -OCH3 is 1. The number of fused-ring (bicyclic) bond motifs is 1. The fraction of sp³-hybridized carbons (Fsp3) is 0.185. The Bertz CT molecular complexity index is 1290. The second kappa shape index (κ2) is 10.0. The van der Waals surface area contributed by atoms with Crippen LogP contribution in [0.25, 0.3) is 0 Å². The molecule has 0 saturated heterocycles. The summed E-state index contributed by atoms with van der Waals surface area (Å²) in [6.45, 7) is 2.49. The van der Waals surface area contributed by atoms with Gasteiger partial charge >= 0.3 is 5.97 Å². The second-order valence-electron chi connectivity index (χ2n) is 7.64. The lowest BCUT2D eigenvalue weighted by atomic mass is 9.83. The first kappa shape index (κ1) is 22.7. The van der Waals surface area contributed by atoms with Crippen LogP contribution in [0, 0.1) is 11.3 Å². The molecule has 4 rings (SSSR count). The van der Waals surface area contributed by atoms with Gasteiger partial charge in [-0.2, -0.15) is 5.26 Å². The number of nitrogens with zero attached hydrogens (tertiary/aromatic N) is 1. The molecule has 172 valence electrons. The van der Waals surface area contributed by atoms with Crippen LogP contribution in [-0.4, -0.2) is 19.7 Å². The van der Waals surface area contributed by atoms with Crippen molar-refractivity contribution in [3.8, 4) is 29.1 Å². The van der Waals surface area contributed by atoms with E-state index in [9.17, 15) is 10.1 Å². The first-order valence-corrected chi connectivity index (χ1v) is 10.8. The fourth-order valence-corrected chi connectivity index (χ4v) is 3.80. The largest absolute Gasteiger partial charge is 0.497 e. The van der Waals surface area contributed by atoms with Gasteiger partial charge in [0.1, 0.15) is 40.2 Å². The van der Waals surface area contributed by atoms with E-state index in [0.717, 1.165) is 17.5 Å². The molecule has 0 saturated carbocycles. The minimum atomic E-state index is -0.548. The van der Waals surface area contributed by atoms with E-state index in [1.165, 1.54) is 0 Å². The van der Waals surface area contributed by atoms with Gasteiger partial charge in [-0.3, -0.25) is 0 Å². The molecule has 1 unspecified atom stereocenters. The maximum absolute atomic E-state index is 12.9. The normalized spacial score (nSPS) is 14.4. The molecular formula is C27H24N2O5. The highest BCUT2D eigenvalue weighted by Crippen LogP contribution is 2.44. The van der Waals surface area contributed by atoms with Crippen LogP contribution >= 0.6 is 0 Å². The van der Waals surface area contributed by atoms with Gasteiger partial charge in [-0.25, -0.2) is 4.79 Å². The van der Waals surface area contributed by atoms with Crippen molar-refractivity contribution in [2.24, 2.45) is 5.73 Å². The number of rotatable bonds is 7. The molecule has 1 aliphatic rings. The number of hydrogen-bond acceptors (Lipinski definition) is 7. The summed E-state index contributed by atoms with van der Waals surface area (Å²) >= 11 is 0. The molecule has 7 heteroatoms. The van der Waals surface area contributed by atoms with E-state index in [-0.39, 0.29) is 11.6 Å². The van der Waals surface area contributed by atoms with Crippen LogP contribution < -0.4 is 24.7 Å². The van der Waals surface area contributed by atoms with Crippen molar-refractivity contribution in [1.29, 1.82) is 5.26 Å². The summed E-state index contributed by atoms with van der Waals surface area (Å²) in [5.41, 5.74) is 8.27. The van der Waals surface area contributed by atoms with Crippen LogP contribution in [0.15, 0.2) is 78.2 Å². The van der Waals surface area contributed by atoms with E-state index in [0.29, 0.717) is 35.0 Å². The highest BCUT2D eigenvalue weighted by molar-refractivity contribution is 5.94. The average molecular weight is 456 g/mol. The standard InChI is InChI=1S/C27H24N2O5/c1-3-13-32-23-10-5-4-9-21(23)27(30)33-19-11-12-20-24(15-19)34-26(29)22(16-28)25(20)17-7-6-8-18(14-17)31-2/h4-12,14-15,25H,3,13,29H2,1-2H3. The van der Waals surface area contributed by atoms with Gasteiger partial charge in [0.05, 0.1) is 19.6 Å². The lowest BCUT2D eigenvalue weighted by molar-refractivity contribution is 0.0730. The van der Waals surface area contributed by atoms with Crippen LogP contribution in [0.2, 0.25) is 0 Å². The maximum atomic E-state index is 12.9. The summed E-state index contributed by atoms with van der Waals surface area (Å²) < 4.78 is 22.4. The van der Waals surface area contributed by atoms with Gasteiger partial charge in [0.15, 0.2) is 0 Å². The molecular weight excluding hydrogens is 432 g/mol. The Kier molecular flexibility index (Phi) is 6.69. The summed E-state index contributed by atoms with van der Waals surface area (Å²) in [5.74, 6) is 0.828. The zero-order chi connectivity index (χ0) is 24.1. The number of para-hydroxylation sites is 1. The summed E-state index contributed by atoms with van der Waals surface area (Å²) in [5, 5.41) is 9.75. The number of hydrogen-bond donors (Lipinski definition) is 1. The zero-order valence-corrected chi connectivity index (χ0v) is 18.9. The number of nitrogens with two attached hydrogens (primary N) is 1. The van der Waals surface area contributed by atoms with Crippen molar-refractivity contribution in [1.82, 2.24) is 0 Å². The van der Waals surface area contributed by atoms with Crippen LogP contribution in [0.3, 0.4) is 0 Å². The number of benzene rings is 3. The quantitative estimate of drug-likeness (QED) is 0.397. The minimum Gasteiger partial charge on any atom is -0.497 e. The average Bonchev–Trinajstić information content (AvgIpc) is 2.86. The Morgan fingerprint density at radius 1 is 1.09 bits per heavy atom. The van der Waals surface area contributed by atoms with E-state index in [4.69, 9.17) is 24.7 Å². The Balaban J connectivity index is 1.66. The van der Waals surface area contributed by atoms with E-state index >= 15 is 0 Å². The number of ether oxygens (including phenoxy) is 4. The molecule has 34 heavy (non-hydrogen) atoms. The molecule has 0 radical (unpaired) electrons. The van der Waals surface area contributed by atoms with Gasteiger partial charge in [-0.05, 0) is 42.3 Å². The molecule has 1 heterocycles. The van der Waals surface area contributed by atoms with Crippen molar-refractivity contribution in [2.45, 2.75) is 19.3 Å². The summed E-state index contributed by atoms with van der Waals surface area (Å²) in [4.78, 5) is 12.9. The number of nitriles is 1. The smallest absolute Gasteiger partial charge is 0.347 e.